The molecule has 130 valence electrons. The molecule has 3 aromatic rings. The fraction of sp³-hybridized carbons (Fsp3) is 0.278. The maximum atomic E-state index is 6.21. The molecule has 7 nitrogen and oxygen atoms in total. The largest absolute Gasteiger partial charge is 0.393 e. The molecule has 0 fully saturated rings. The summed E-state index contributed by atoms with van der Waals surface area (Å²) in [4.78, 5) is 12.5. The van der Waals surface area contributed by atoms with Gasteiger partial charge in [0.05, 0.1) is 6.33 Å². The lowest BCUT2D eigenvalue weighted by Gasteiger charge is -2.13. The summed E-state index contributed by atoms with van der Waals surface area (Å²) >= 11 is 0. The first-order chi connectivity index (χ1) is 12.1. The van der Waals surface area contributed by atoms with E-state index in [2.05, 4.69) is 51.6 Å². The Hall–Kier alpha value is -3.09. The van der Waals surface area contributed by atoms with Crippen molar-refractivity contribution in [2.45, 2.75) is 26.8 Å². The zero-order chi connectivity index (χ0) is 17.6. The van der Waals surface area contributed by atoms with Crippen molar-refractivity contribution in [1.82, 2.24) is 19.5 Å². The number of nitrogen functional groups attached to an aromatic ring is 1. The quantitative estimate of drug-likeness (QED) is 0.574. The molecular formula is C18H23N7. The van der Waals surface area contributed by atoms with Crippen molar-refractivity contribution in [2.75, 3.05) is 22.9 Å². The standard InChI is InChI=1S/C18H23N7/c1-13-4-5-15(10-14(13)2)24-18-16(19)17(22-11-23-18)21-6-3-8-25-9-7-20-12-25/h4-5,7,9-12H,3,6,8,19H2,1-2H3,(H2,21,22,23,24). The van der Waals surface area contributed by atoms with E-state index in [-0.39, 0.29) is 0 Å². The van der Waals surface area contributed by atoms with E-state index in [0.717, 1.165) is 25.2 Å². The van der Waals surface area contributed by atoms with Crippen molar-refractivity contribution < 1.29 is 0 Å². The van der Waals surface area contributed by atoms with Crippen molar-refractivity contribution in [3.63, 3.8) is 0 Å². The molecule has 0 amide bonds. The minimum Gasteiger partial charge on any atom is -0.393 e. The van der Waals surface area contributed by atoms with Crippen molar-refractivity contribution in [2.24, 2.45) is 0 Å². The number of nitrogens with zero attached hydrogens (tertiary/aromatic N) is 4. The van der Waals surface area contributed by atoms with Gasteiger partial charge in [-0.25, -0.2) is 15.0 Å². The van der Waals surface area contributed by atoms with Crippen LogP contribution in [0.3, 0.4) is 0 Å². The number of anilines is 4. The van der Waals surface area contributed by atoms with Crippen molar-refractivity contribution in [3.8, 4) is 0 Å². The second kappa shape index (κ2) is 7.65. The molecule has 0 aliphatic heterocycles. The molecule has 4 N–H and O–H groups in total. The fourth-order valence-corrected chi connectivity index (χ4v) is 2.48. The lowest BCUT2D eigenvalue weighted by Crippen LogP contribution is -2.10. The highest BCUT2D eigenvalue weighted by Gasteiger charge is 2.08. The number of hydrogen-bond donors (Lipinski definition) is 3. The van der Waals surface area contributed by atoms with Crippen LogP contribution in [-0.2, 0) is 6.54 Å². The highest BCUT2D eigenvalue weighted by atomic mass is 15.1. The van der Waals surface area contributed by atoms with Crippen LogP contribution >= 0.6 is 0 Å². The van der Waals surface area contributed by atoms with Gasteiger partial charge < -0.3 is 20.9 Å². The molecule has 0 aliphatic carbocycles. The molecule has 0 saturated carbocycles. The second-order valence-electron chi connectivity index (χ2n) is 5.99. The van der Waals surface area contributed by atoms with Gasteiger partial charge in [-0.05, 0) is 43.5 Å². The number of aryl methyl sites for hydroxylation is 3. The monoisotopic (exact) mass is 337 g/mol. The Kier molecular flexibility index (Phi) is 5.13. The number of hydrogen-bond acceptors (Lipinski definition) is 6. The average molecular weight is 337 g/mol. The van der Waals surface area contributed by atoms with Gasteiger partial charge >= 0.3 is 0 Å². The van der Waals surface area contributed by atoms with Gasteiger partial charge in [-0.2, -0.15) is 0 Å². The minimum absolute atomic E-state index is 0.517. The Bertz CT molecular complexity index is 827. The van der Waals surface area contributed by atoms with E-state index < -0.39 is 0 Å². The van der Waals surface area contributed by atoms with Crippen LogP contribution in [0, 0.1) is 13.8 Å². The van der Waals surface area contributed by atoms with Crippen LogP contribution in [0.1, 0.15) is 17.5 Å². The third-order valence-electron chi connectivity index (χ3n) is 4.10. The van der Waals surface area contributed by atoms with Crippen molar-refractivity contribution >= 4 is 23.0 Å². The van der Waals surface area contributed by atoms with E-state index in [9.17, 15) is 0 Å². The zero-order valence-electron chi connectivity index (χ0n) is 14.5. The summed E-state index contributed by atoms with van der Waals surface area (Å²) < 4.78 is 2.04. The Morgan fingerprint density at radius 3 is 2.72 bits per heavy atom. The Labute approximate surface area is 147 Å². The number of nitrogens with two attached hydrogens (primary N) is 1. The van der Waals surface area contributed by atoms with Crippen LogP contribution in [-0.4, -0.2) is 26.1 Å². The smallest absolute Gasteiger partial charge is 0.159 e. The number of imidazole rings is 1. The number of nitrogens with one attached hydrogen (secondary N) is 2. The normalized spacial score (nSPS) is 10.6. The van der Waals surface area contributed by atoms with Gasteiger partial charge in [0.15, 0.2) is 11.6 Å². The molecule has 2 aromatic heterocycles. The van der Waals surface area contributed by atoms with Crippen LogP contribution in [0.15, 0.2) is 43.2 Å². The first kappa shape index (κ1) is 16.8. The molecule has 0 radical (unpaired) electrons. The summed E-state index contributed by atoms with van der Waals surface area (Å²) in [6.45, 7) is 5.83. The van der Waals surface area contributed by atoms with Crippen LogP contribution in [0.5, 0.6) is 0 Å². The summed E-state index contributed by atoms with van der Waals surface area (Å²) in [6.07, 6.45) is 7.99. The number of benzene rings is 1. The molecule has 0 unspecified atom stereocenters. The fourth-order valence-electron chi connectivity index (χ4n) is 2.48. The molecule has 0 saturated heterocycles. The summed E-state index contributed by atoms with van der Waals surface area (Å²) in [7, 11) is 0. The Balaban J connectivity index is 1.61. The molecule has 7 heteroatoms. The van der Waals surface area contributed by atoms with Crippen molar-refractivity contribution in [3.05, 3.63) is 54.4 Å². The minimum atomic E-state index is 0.517. The van der Waals surface area contributed by atoms with E-state index in [0.29, 0.717) is 17.3 Å². The lowest BCUT2D eigenvalue weighted by molar-refractivity contribution is 0.660. The first-order valence-corrected chi connectivity index (χ1v) is 8.28. The topological polar surface area (TPSA) is 93.7 Å². The summed E-state index contributed by atoms with van der Waals surface area (Å²) in [5, 5.41) is 6.54. The maximum absolute atomic E-state index is 6.21. The molecule has 25 heavy (non-hydrogen) atoms. The molecule has 0 atom stereocenters. The van der Waals surface area contributed by atoms with E-state index in [1.54, 1.807) is 6.20 Å². The molecule has 0 aliphatic rings. The summed E-state index contributed by atoms with van der Waals surface area (Å²) in [6, 6.07) is 6.17. The van der Waals surface area contributed by atoms with Crippen LogP contribution < -0.4 is 16.4 Å². The number of aromatic nitrogens is 4. The van der Waals surface area contributed by atoms with Gasteiger partial charge in [0, 0.05) is 31.2 Å². The Morgan fingerprint density at radius 2 is 1.96 bits per heavy atom. The maximum Gasteiger partial charge on any atom is 0.159 e. The highest BCUT2D eigenvalue weighted by Crippen LogP contribution is 2.26. The average Bonchev–Trinajstić information content (AvgIpc) is 3.11. The van der Waals surface area contributed by atoms with Gasteiger partial charge in [0.2, 0.25) is 0 Å². The molecule has 2 heterocycles. The van der Waals surface area contributed by atoms with E-state index in [4.69, 9.17) is 5.73 Å². The van der Waals surface area contributed by atoms with Crippen LogP contribution in [0.2, 0.25) is 0 Å². The molecule has 3 rings (SSSR count). The summed E-state index contributed by atoms with van der Waals surface area (Å²) in [5.74, 6) is 1.25. The molecular weight excluding hydrogens is 314 g/mol. The van der Waals surface area contributed by atoms with Gasteiger partial charge in [-0.3, -0.25) is 0 Å². The third-order valence-corrected chi connectivity index (χ3v) is 4.10. The predicted molar refractivity (Wildman–Crippen MR) is 101 cm³/mol. The van der Waals surface area contributed by atoms with E-state index >= 15 is 0 Å². The van der Waals surface area contributed by atoms with Gasteiger partial charge in [-0.1, -0.05) is 6.07 Å². The highest BCUT2D eigenvalue weighted by molar-refractivity contribution is 5.77. The van der Waals surface area contributed by atoms with Gasteiger partial charge in [0.25, 0.3) is 0 Å². The van der Waals surface area contributed by atoms with Crippen LogP contribution in [0.4, 0.5) is 23.0 Å². The number of rotatable bonds is 7. The third kappa shape index (κ3) is 4.26. The molecule has 0 spiro atoms. The van der Waals surface area contributed by atoms with E-state index in [1.807, 2.05) is 23.2 Å². The first-order valence-electron chi connectivity index (χ1n) is 8.28. The molecule has 1 aromatic carbocycles. The predicted octanol–water partition coefficient (Wildman–Crippen LogP) is 3.12. The van der Waals surface area contributed by atoms with Gasteiger partial charge in [0.1, 0.15) is 12.0 Å². The SMILES string of the molecule is Cc1ccc(Nc2ncnc(NCCCn3ccnc3)c2N)cc1C. The lowest BCUT2D eigenvalue weighted by atomic mass is 10.1. The zero-order valence-corrected chi connectivity index (χ0v) is 14.5. The molecule has 0 bridgehead atoms. The van der Waals surface area contributed by atoms with Gasteiger partial charge in [-0.15, -0.1) is 0 Å². The van der Waals surface area contributed by atoms with E-state index in [1.165, 1.54) is 17.5 Å². The summed E-state index contributed by atoms with van der Waals surface area (Å²) in [5.41, 5.74) is 10.2. The van der Waals surface area contributed by atoms with Crippen LogP contribution in [0.25, 0.3) is 0 Å². The van der Waals surface area contributed by atoms with Crippen molar-refractivity contribution in [1.29, 1.82) is 0 Å². The second-order valence-corrected chi connectivity index (χ2v) is 5.99. The Morgan fingerprint density at radius 1 is 1.12 bits per heavy atom.